The Labute approximate surface area is 174 Å². The van der Waals surface area contributed by atoms with E-state index in [1.807, 2.05) is 18.2 Å². The Balaban J connectivity index is 0.00000205. The molecule has 2 aromatic heterocycles. The molecule has 2 aliphatic rings. The zero-order valence-corrected chi connectivity index (χ0v) is 16.8. The van der Waals surface area contributed by atoms with Crippen molar-refractivity contribution in [3.05, 3.63) is 53.7 Å². The number of benzene rings is 1. The highest BCUT2D eigenvalue weighted by Gasteiger charge is 2.21. The Hall–Kier alpha value is -2.62. The summed E-state index contributed by atoms with van der Waals surface area (Å²) in [5.41, 5.74) is 1.25. The topological polar surface area (TPSA) is 81.7 Å². The number of ether oxygens (including phenoxy) is 2. The van der Waals surface area contributed by atoms with Crippen molar-refractivity contribution in [1.29, 1.82) is 0 Å². The number of halogens is 1. The molecule has 0 amide bonds. The SMILES string of the molecule is Cl.c1coc(Cn2nnnc2CN2CCN(Cc3ccc4c(c3)OCO4)CC2)c1. The number of hydrogen-bond acceptors (Lipinski definition) is 8. The first-order valence-electron chi connectivity index (χ1n) is 9.44. The molecule has 0 saturated carbocycles. The van der Waals surface area contributed by atoms with Crippen LogP contribution in [0, 0.1) is 0 Å². The van der Waals surface area contributed by atoms with Crippen LogP contribution in [-0.4, -0.2) is 63.0 Å². The van der Waals surface area contributed by atoms with Gasteiger partial charge in [0.1, 0.15) is 12.3 Å². The molecule has 3 aromatic rings. The average molecular weight is 419 g/mol. The van der Waals surface area contributed by atoms with Crippen molar-refractivity contribution in [2.24, 2.45) is 0 Å². The van der Waals surface area contributed by atoms with Gasteiger partial charge in [0.2, 0.25) is 6.79 Å². The highest BCUT2D eigenvalue weighted by molar-refractivity contribution is 5.85. The molecule has 1 saturated heterocycles. The van der Waals surface area contributed by atoms with Gasteiger partial charge in [0.25, 0.3) is 0 Å². The Morgan fingerprint density at radius 1 is 0.897 bits per heavy atom. The predicted octanol–water partition coefficient (Wildman–Crippen LogP) is 1.78. The van der Waals surface area contributed by atoms with Crippen LogP contribution >= 0.6 is 12.4 Å². The van der Waals surface area contributed by atoms with Crippen LogP contribution in [0.4, 0.5) is 0 Å². The zero-order valence-electron chi connectivity index (χ0n) is 15.9. The largest absolute Gasteiger partial charge is 0.467 e. The lowest BCUT2D eigenvalue weighted by molar-refractivity contribution is 0.118. The summed E-state index contributed by atoms with van der Waals surface area (Å²) in [6.07, 6.45) is 1.67. The highest BCUT2D eigenvalue weighted by atomic mass is 35.5. The van der Waals surface area contributed by atoms with E-state index in [2.05, 4.69) is 37.5 Å². The van der Waals surface area contributed by atoms with Crippen LogP contribution in [0.15, 0.2) is 41.0 Å². The molecule has 0 spiro atoms. The third-order valence-corrected chi connectivity index (χ3v) is 5.16. The molecule has 1 aromatic carbocycles. The minimum Gasteiger partial charge on any atom is -0.467 e. The van der Waals surface area contributed by atoms with Crippen LogP contribution in [0.3, 0.4) is 0 Å². The van der Waals surface area contributed by atoms with Gasteiger partial charge in [-0.15, -0.1) is 17.5 Å². The quantitative estimate of drug-likeness (QED) is 0.599. The van der Waals surface area contributed by atoms with Crippen molar-refractivity contribution in [2.75, 3.05) is 33.0 Å². The number of aromatic nitrogens is 4. The van der Waals surface area contributed by atoms with Gasteiger partial charge in [-0.2, -0.15) is 0 Å². The molecule has 0 aliphatic carbocycles. The first-order valence-corrected chi connectivity index (χ1v) is 9.44. The van der Waals surface area contributed by atoms with E-state index in [-0.39, 0.29) is 12.4 Å². The number of nitrogens with zero attached hydrogens (tertiary/aromatic N) is 6. The molecule has 9 nitrogen and oxygen atoms in total. The fourth-order valence-electron chi connectivity index (χ4n) is 3.61. The van der Waals surface area contributed by atoms with Gasteiger partial charge in [0, 0.05) is 32.7 Å². The molecule has 0 N–H and O–H groups in total. The molecule has 0 atom stereocenters. The number of rotatable bonds is 6. The molecule has 2 aliphatic heterocycles. The van der Waals surface area contributed by atoms with Crippen molar-refractivity contribution < 1.29 is 13.9 Å². The van der Waals surface area contributed by atoms with Crippen LogP contribution < -0.4 is 9.47 Å². The third-order valence-electron chi connectivity index (χ3n) is 5.16. The molecule has 0 unspecified atom stereocenters. The van der Waals surface area contributed by atoms with Gasteiger partial charge in [-0.05, 0) is 40.3 Å². The molecule has 4 heterocycles. The average Bonchev–Trinajstić information content (AvgIpc) is 3.46. The Bertz CT molecular complexity index is 924. The van der Waals surface area contributed by atoms with Crippen LogP contribution in [0.1, 0.15) is 17.1 Å². The summed E-state index contributed by atoms with van der Waals surface area (Å²) in [4.78, 5) is 4.85. The summed E-state index contributed by atoms with van der Waals surface area (Å²) < 4.78 is 18.1. The number of piperazine rings is 1. The van der Waals surface area contributed by atoms with Gasteiger partial charge in [0.15, 0.2) is 17.3 Å². The van der Waals surface area contributed by atoms with Crippen LogP contribution in [0.2, 0.25) is 0 Å². The lowest BCUT2D eigenvalue weighted by atomic mass is 10.1. The van der Waals surface area contributed by atoms with Gasteiger partial charge in [-0.25, -0.2) is 4.68 Å². The maximum absolute atomic E-state index is 5.48. The zero-order chi connectivity index (χ0) is 18.8. The van der Waals surface area contributed by atoms with E-state index in [0.717, 1.165) is 62.4 Å². The normalized spacial score (nSPS) is 16.7. The van der Waals surface area contributed by atoms with E-state index >= 15 is 0 Å². The minimum atomic E-state index is 0. The lowest BCUT2D eigenvalue weighted by Crippen LogP contribution is -2.45. The predicted molar refractivity (Wildman–Crippen MR) is 106 cm³/mol. The van der Waals surface area contributed by atoms with E-state index < -0.39 is 0 Å². The summed E-state index contributed by atoms with van der Waals surface area (Å²) in [5.74, 6) is 3.39. The summed E-state index contributed by atoms with van der Waals surface area (Å²) in [7, 11) is 0. The van der Waals surface area contributed by atoms with Gasteiger partial charge < -0.3 is 13.9 Å². The molecule has 0 bridgehead atoms. The second-order valence-corrected chi connectivity index (χ2v) is 7.07. The van der Waals surface area contributed by atoms with Gasteiger partial charge in [-0.3, -0.25) is 9.80 Å². The highest BCUT2D eigenvalue weighted by Crippen LogP contribution is 2.32. The summed E-state index contributed by atoms with van der Waals surface area (Å²) >= 11 is 0. The van der Waals surface area contributed by atoms with Crippen LogP contribution in [-0.2, 0) is 19.6 Å². The second kappa shape index (κ2) is 8.81. The Morgan fingerprint density at radius 3 is 2.48 bits per heavy atom. The minimum absolute atomic E-state index is 0. The van der Waals surface area contributed by atoms with Gasteiger partial charge >= 0.3 is 0 Å². The monoisotopic (exact) mass is 418 g/mol. The third kappa shape index (κ3) is 4.52. The molecule has 10 heteroatoms. The lowest BCUT2D eigenvalue weighted by Gasteiger charge is -2.34. The van der Waals surface area contributed by atoms with E-state index in [4.69, 9.17) is 13.9 Å². The standard InChI is InChI=1S/C19H22N6O3.ClH/c1-2-16(26-9-1)12-25-19(20-21-22-25)13-24-7-5-23(6-8-24)11-15-3-4-17-18(10-15)28-14-27-17;/h1-4,9-10H,5-8,11-14H2;1H. The van der Waals surface area contributed by atoms with Crippen molar-refractivity contribution in [3.8, 4) is 11.5 Å². The van der Waals surface area contributed by atoms with E-state index in [0.29, 0.717) is 13.3 Å². The fourth-order valence-corrected chi connectivity index (χ4v) is 3.61. The molecule has 154 valence electrons. The van der Waals surface area contributed by atoms with E-state index in [1.165, 1.54) is 5.56 Å². The number of tetrazole rings is 1. The maximum Gasteiger partial charge on any atom is 0.231 e. The van der Waals surface area contributed by atoms with Crippen LogP contribution in [0.25, 0.3) is 0 Å². The number of furan rings is 1. The first kappa shape index (κ1) is 19.7. The number of fused-ring (bicyclic) bond motifs is 1. The molecular formula is C19H23ClN6O3. The van der Waals surface area contributed by atoms with E-state index in [1.54, 1.807) is 10.9 Å². The fraction of sp³-hybridized carbons (Fsp3) is 0.421. The van der Waals surface area contributed by atoms with Crippen molar-refractivity contribution >= 4 is 12.4 Å². The molecular weight excluding hydrogens is 396 g/mol. The Kier molecular flexibility index (Phi) is 5.98. The molecule has 0 radical (unpaired) electrons. The smallest absolute Gasteiger partial charge is 0.231 e. The second-order valence-electron chi connectivity index (χ2n) is 7.07. The van der Waals surface area contributed by atoms with Crippen LogP contribution in [0.5, 0.6) is 11.5 Å². The molecule has 5 rings (SSSR count). The van der Waals surface area contributed by atoms with E-state index in [9.17, 15) is 0 Å². The van der Waals surface area contributed by atoms with Crippen molar-refractivity contribution in [1.82, 2.24) is 30.0 Å². The number of hydrogen-bond donors (Lipinski definition) is 0. The summed E-state index contributed by atoms with van der Waals surface area (Å²) in [6, 6.07) is 9.99. The van der Waals surface area contributed by atoms with Crippen molar-refractivity contribution in [3.63, 3.8) is 0 Å². The summed E-state index contributed by atoms with van der Waals surface area (Å²) in [6.45, 7) is 6.52. The molecule has 1 fully saturated rings. The first-order chi connectivity index (χ1) is 13.8. The van der Waals surface area contributed by atoms with Crippen molar-refractivity contribution in [2.45, 2.75) is 19.6 Å². The Morgan fingerprint density at radius 2 is 1.69 bits per heavy atom. The summed E-state index contributed by atoms with van der Waals surface area (Å²) in [5, 5.41) is 12.1. The van der Waals surface area contributed by atoms with Gasteiger partial charge in [-0.1, -0.05) is 6.07 Å². The van der Waals surface area contributed by atoms with Gasteiger partial charge in [0.05, 0.1) is 12.8 Å². The maximum atomic E-state index is 5.48. The molecule has 29 heavy (non-hydrogen) atoms.